The second kappa shape index (κ2) is 4.23. The zero-order chi connectivity index (χ0) is 11.6. The van der Waals surface area contributed by atoms with E-state index in [1.165, 1.54) is 0 Å². The van der Waals surface area contributed by atoms with Gasteiger partial charge in [-0.2, -0.15) is 0 Å². The number of imidazole rings is 1. The number of aromatic nitrogens is 2. The zero-order valence-corrected chi connectivity index (χ0v) is 10.2. The largest absolute Gasteiger partial charge is 0.350 e. The fourth-order valence-electron chi connectivity index (χ4n) is 1.18. The number of hydrogen-bond acceptors (Lipinski definition) is 2. The number of hydrogen-bond donors (Lipinski definition) is 1. The van der Waals surface area contributed by atoms with E-state index < -0.39 is 5.38 Å². The van der Waals surface area contributed by atoms with E-state index in [4.69, 9.17) is 11.6 Å². The van der Waals surface area contributed by atoms with Gasteiger partial charge in [-0.05, 0) is 20.8 Å². The average Bonchev–Trinajstić information content (AvgIpc) is 2.47. The minimum absolute atomic E-state index is 0.201. The Morgan fingerprint density at radius 3 is 2.60 bits per heavy atom. The van der Waals surface area contributed by atoms with Gasteiger partial charge in [0.15, 0.2) is 5.38 Å². The Balaban J connectivity index is 2.74. The van der Waals surface area contributed by atoms with Gasteiger partial charge in [-0.3, -0.25) is 4.79 Å². The smallest absolute Gasteiger partial charge is 0.244 e. The summed E-state index contributed by atoms with van der Waals surface area (Å²) < 4.78 is 1.74. The van der Waals surface area contributed by atoms with E-state index in [2.05, 4.69) is 10.3 Å². The first kappa shape index (κ1) is 12.0. The first-order valence-electron chi connectivity index (χ1n) is 4.73. The van der Waals surface area contributed by atoms with E-state index in [9.17, 15) is 4.79 Å². The van der Waals surface area contributed by atoms with Crippen molar-refractivity contribution in [3.8, 4) is 0 Å². The first-order chi connectivity index (χ1) is 6.81. The van der Waals surface area contributed by atoms with Crippen LogP contribution in [0.2, 0.25) is 0 Å². The van der Waals surface area contributed by atoms with Gasteiger partial charge in [0, 0.05) is 12.6 Å². The number of aryl methyl sites for hydroxylation is 1. The average molecular weight is 230 g/mol. The molecule has 1 aromatic heterocycles. The third-order valence-corrected chi connectivity index (χ3v) is 2.26. The number of rotatable bonds is 2. The molecule has 0 fully saturated rings. The summed E-state index contributed by atoms with van der Waals surface area (Å²) in [6.45, 7) is 5.74. The third kappa shape index (κ3) is 3.23. The highest BCUT2D eigenvalue weighted by Gasteiger charge is 2.24. The van der Waals surface area contributed by atoms with Gasteiger partial charge in [0.1, 0.15) is 0 Å². The van der Waals surface area contributed by atoms with E-state index in [0.717, 1.165) is 0 Å². The predicted molar refractivity (Wildman–Crippen MR) is 59.7 cm³/mol. The molecule has 0 saturated carbocycles. The molecule has 0 spiro atoms. The van der Waals surface area contributed by atoms with Crippen molar-refractivity contribution in [1.29, 1.82) is 0 Å². The first-order valence-corrected chi connectivity index (χ1v) is 5.17. The van der Waals surface area contributed by atoms with Crippen LogP contribution in [-0.4, -0.2) is 21.0 Å². The van der Waals surface area contributed by atoms with Crippen LogP contribution < -0.4 is 5.32 Å². The summed E-state index contributed by atoms with van der Waals surface area (Å²) in [4.78, 5) is 15.6. The molecule has 0 radical (unpaired) electrons. The van der Waals surface area contributed by atoms with Gasteiger partial charge in [0.05, 0.1) is 18.2 Å². The zero-order valence-electron chi connectivity index (χ0n) is 9.41. The highest BCUT2D eigenvalue weighted by molar-refractivity contribution is 6.30. The van der Waals surface area contributed by atoms with E-state index in [1.807, 2.05) is 27.8 Å². The van der Waals surface area contributed by atoms with Crippen LogP contribution >= 0.6 is 11.6 Å². The van der Waals surface area contributed by atoms with Crippen molar-refractivity contribution in [3.63, 3.8) is 0 Å². The van der Waals surface area contributed by atoms with Gasteiger partial charge < -0.3 is 9.88 Å². The molecule has 4 nitrogen and oxygen atoms in total. The fourth-order valence-corrected chi connectivity index (χ4v) is 1.44. The molecule has 1 unspecified atom stereocenters. The summed E-state index contributed by atoms with van der Waals surface area (Å²) in [5.41, 5.74) is 0.418. The standard InChI is InChI=1S/C10H16ClN3O/c1-10(2,3)13-9(15)8(11)7-5-12-6-14(7)4/h5-6,8H,1-4H3,(H,13,15). The second-order valence-electron chi connectivity index (χ2n) is 4.53. The Labute approximate surface area is 94.6 Å². The molecule has 0 aliphatic carbocycles. The van der Waals surface area contributed by atoms with Crippen LogP contribution in [-0.2, 0) is 11.8 Å². The number of amides is 1. The van der Waals surface area contributed by atoms with Gasteiger partial charge in [-0.1, -0.05) is 0 Å². The molecule has 1 aromatic rings. The number of carbonyl (C=O) groups excluding carboxylic acids is 1. The fraction of sp³-hybridized carbons (Fsp3) is 0.600. The summed E-state index contributed by atoms with van der Waals surface area (Å²) in [7, 11) is 1.81. The Morgan fingerprint density at radius 2 is 2.20 bits per heavy atom. The van der Waals surface area contributed by atoms with Crippen molar-refractivity contribution in [2.45, 2.75) is 31.7 Å². The lowest BCUT2D eigenvalue weighted by Gasteiger charge is -2.22. The maximum atomic E-state index is 11.7. The summed E-state index contributed by atoms with van der Waals surface area (Å²) >= 11 is 6.04. The van der Waals surface area contributed by atoms with Crippen LogP contribution in [0, 0.1) is 0 Å². The Morgan fingerprint density at radius 1 is 1.60 bits per heavy atom. The molecule has 1 rings (SSSR count). The highest BCUT2D eigenvalue weighted by Crippen LogP contribution is 2.20. The van der Waals surface area contributed by atoms with Crippen molar-refractivity contribution in [2.75, 3.05) is 0 Å². The number of carbonyl (C=O) groups is 1. The van der Waals surface area contributed by atoms with Crippen molar-refractivity contribution in [2.24, 2.45) is 7.05 Å². The Hall–Kier alpha value is -1.03. The molecule has 1 heterocycles. The molecular formula is C10H16ClN3O. The summed E-state index contributed by atoms with van der Waals surface area (Å²) in [5, 5.41) is 2.12. The second-order valence-corrected chi connectivity index (χ2v) is 4.97. The van der Waals surface area contributed by atoms with Crippen molar-refractivity contribution >= 4 is 17.5 Å². The summed E-state index contributed by atoms with van der Waals surface area (Å²) in [5.74, 6) is -0.201. The van der Waals surface area contributed by atoms with Crippen molar-refractivity contribution in [3.05, 3.63) is 18.2 Å². The molecule has 1 N–H and O–H groups in total. The van der Waals surface area contributed by atoms with E-state index in [1.54, 1.807) is 17.1 Å². The van der Waals surface area contributed by atoms with Crippen LogP contribution in [0.3, 0.4) is 0 Å². The van der Waals surface area contributed by atoms with Crippen LogP contribution in [0.1, 0.15) is 31.8 Å². The van der Waals surface area contributed by atoms with Crippen LogP contribution in [0.4, 0.5) is 0 Å². The minimum Gasteiger partial charge on any atom is -0.350 e. The lowest BCUT2D eigenvalue weighted by molar-refractivity contribution is -0.122. The lowest BCUT2D eigenvalue weighted by atomic mass is 10.1. The molecule has 84 valence electrons. The van der Waals surface area contributed by atoms with Crippen molar-refractivity contribution in [1.82, 2.24) is 14.9 Å². The number of alkyl halides is 1. The van der Waals surface area contributed by atoms with Gasteiger partial charge in [-0.25, -0.2) is 4.98 Å². The van der Waals surface area contributed by atoms with E-state index in [-0.39, 0.29) is 11.4 Å². The molecular weight excluding hydrogens is 214 g/mol. The lowest BCUT2D eigenvalue weighted by Crippen LogP contribution is -2.42. The predicted octanol–water partition coefficient (Wildman–Crippen LogP) is 1.61. The van der Waals surface area contributed by atoms with Crippen LogP contribution in [0.25, 0.3) is 0 Å². The van der Waals surface area contributed by atoms with E-state index >= 15 is 0 Å². The highest BCUT2D eigenvalue weighted by atomic mass is 35.5. The normalized spacial score (nSPS) is 13.7. The summed E-state index contributed by atoms with van der Waals surface area (Å²) in [6.07, 6.45) is 3.22. The Kier molecular flexibility index (Phi) is 3.39. The van der Waals surface area contributed by atoms with Gasteiger partial charge in [-0.15, -0.1) is 11.6 Å². The molecule has 1 amide bonds. The number of halogens is 1. The van der Waals surface area contributed by atoms with Gasteiger partial charge >= 0.3 is 0 Å². The molecule has 0 saturated heterocycles. The maximum absolute atomic E-state index is 11.7. The molecule has 15 heavy (non-hydrogen) atoms. The molecule has 0 aromatic carbocycles. The van der Waals surface area contributed by atoms with Gasteiger partial charge in [0.2, 0.25) is 5.91 Å². The summed E-state index contributed by atoms with van der Waals surface area (Å²) in [6, 6.07) is 0. The third-order valence-electron chi connectivity index (χ3n) is 1.84. The quantitative estimate of drug-likeness (QED) is 0.784. The van der Waals surface area contributed by atoms with E-state index in [0.29, 0.717) is 5.69 Å². The minimum atomic E-state index is -0.697. The number of nitrogens with zero attached hydrogens (tertiary/aromatic N) is 2. The Bertz CT molecular complexity index is 354. The topological polar surface area (TPSA) is 46.9 Å². The van der Waals surface area contributed by atoms with Crippen LogP contribution in [0.15, 0.2) is 12.5 Å². The van der Waals surface area contributed by atoms with Gasteiger partial charge in [0.25, 0.3) is 0 Å². The van der Waals surface area contributed by atoms with Crippen molar-refractivity contribution < 1.29 is 4.79 Å². The maximum Gasteiger partial charge on any atom is 0.244 e. The molecule has 0 aliphatic rings. The molecule has 0 aliphatic heterocycles. The van der Waals surface area contributed by atoms with Crippen LogP contribution in [0.5, 0.6) is 0 Å². The molecule has 5 heteroatoms. The SMILES string of the molecule is Cn1cncc1C(Cl)C(=O)NC(C)(C)C. The number of nitrogens with one attached hydrogen (secondary N) is 1. The molecule has 0 bridgehead atoms. The monoisotopic (exact) mass is 229 g/mol. The molecule has 1 atom stereocenters.